The first kappa shape index (κ1) is 30.1. The molecule has 0 fully saturated rings. The zero-order chi connectivity index (χ0) is 30.8. The predicted molar refractivity (Wildman–Crippen MR) is 162 cm³/mol. The van der Waals surface area contributed by atoms with Crippen LogP contribution in [0.5, 0.6) is 0 Å². The van der Waals surface area contributed by atoms with Gasteiger partial charge in [0, 0.05) is 13.1 Å². The molecule has 1 N–H and O–H groups in total. The number of alkyl halides is 3. The van der Waals surface area contributed by atoms with Gasteiger partial charge in [-0.15, -0.1) is 0 Å². The van der Waals surface area contributed by atoms with Gasteiger partial charge in [0.2, 0.25) is 5.76 Å². The molecule has 1 aromatic heterocycles. The summed E-state index contributed by atoms with van der Waals surface area (Å²) in [5.41, 5.74) is 5.30. The summed E-state index contributed by atoms with van der Waals surface area (Å²) in [5.74, 6) is -1.58. The first-order chi connectivity index (χ1) is 20.4. The van der Waals surface area contributed by atoms with Gasteiger partial charge in [-0.05, 0) is 83.5 Å². The van der Waals surface area contributed by atoms with Crippen molar-refractivity contribution in [3.05, 3.63) is 131 Å². The van der Waals surface area contributed by atoms with Crippen LogP contribution in [-0.2, 0) is 37.0 Å². The Morgan fingerprint density at radius 3 is 2.23 bits per heavy atom. The van der Waals surface area contributed by atoms with Crippen LogP contribution in [0.1, 0.15) is 47.6 Å². The van der Waals surface area contributed by atoms with E-state index >= 15 is 0 Å². The number of hydrogen-bond donors (Lipinski definition) is 1. The molecule has 0 spiro atoms. The maximum Gasteiger partial charge on any atom is 0.449 e. The van der Waals surface area contributed by atoms with E-state index in [0.29, 0.717) is 19.5 Å². The van der Waals surface area contributed by atoms with Crippen molar-refractivity contribution in [2.24, 2.45) is 5.41 Å². The molecule has 0 amide bonds. The lowest BCUT2D eigenvalue weighted by molar-refractivity contribution is -0.153. The number of fused-ring (bicyclic) bond motifs is 1. The highest BCUT2D eigenvalue weighted by Gasteiger charge is 2.35. The molecule has 0 saturated heterocycles. The molecule has 0 aliphatic rings. The van der Waals surface area contributed by atoms with E-state index in [2.05, 4.69) is 36.1 Å². The number of furan rings is 1. The lowest BCUT2D eigenvalue weighted by Crippen LogP contribution is -2.26. The molecule has 1 heterocycles. The Kier molecular flexibility index (Phi) is 8.47. The van der Waals surface area contributed by atoms with Gasteiger partial charge >= 0.3 is 12.1 Å². The molecule has 5 aromatic rings. The Balaban J connectivity index is 1.40. The summed E-state index contributed by atoms with van der Waals surface area (Å²) in [6, 6.07) is 30.6. The second kappa shape index (κ2) is 12.1. The van der Waals surface area contributed by atoms with E-state index in [9.17, 15) is 23.1 Å². The maximum atomic E-state index is 13.2. The van der Waals surface area contributed by atoms with E-state index in [1.54, 1.807) is 13.8 Å². The standard InChI is InChI=1S/C36H34F3NO3/c1-24-11-14-28-8-4-5-10-31(28)32(24)23-40(22-30-17-18-33(43-30)36(37,38)39)21-25-12-15-27(16-13-25)29-9-6-7-26(19-29)20-35(2,3)34(41)42/h4-19H,20-23H2,1-3H3,(H,41,42). The smallest absolute Gasteiger partial charge is 0.449 e. The molecular formula is C36H34F3NO3. The highest BCUT2D eigenvalue weighted by atomic mass is 19.4. The maximum absolute atomic E-state index is 13.2. The van der Waals surface area contributed by atoms with Gasteiger partial charge in [0.25, 0.3) is 0 Å². The second-order valence-corrected chi connectivity index (χ2v) is 11.8. The molecule has 0 unspecified atom stereocenters. The third-order valence-corrected chi connectivity index (χ3v) is 7.82. The van der Waals surface area contributed by atoms with Crippen LogP contribution >= 0.6 is 0 Å². The number of hydrogen-bond acceptors (Lipinski definition) is 3. The molecule has 0 saturated carbocycles. The van der Waals surface area contributed by atoms with Crippen LogP contribution in [0.4, 0.5) is 13.2 Å². The Bertz CT molecular complexity index is 1740. The Morgan fingerprint density at radius 2 is 1.53 bits per heavy atom. The van der Waals surface area contributed by atoms with Crippen LogP contribution in [0.15, 0.2) is 101 Å². The number of carboxylic acid groups (broad SMARTS) is 1. The number of aryl methyl sites for hydroxylation is 1. The molecule has 4 nitrogen and oxygen atoms in total. The summed E-state index contributed by atoms with van der Waals surface area (Å²) in [5, 5.41) is 11.7. The molecule has 0 bridgehead atoms. The lowest BCUT2D eigenvalue weighted by atomic mass is 9.85. The van der Waals surface area contributed by atoms with E-state index in [0.717, 1.165) is 50.2 Å². The first-order valence-electron chi connectivity index (χ1n) is 14.2. The van der Waals surface area contributed by atoms with Crippen molar-refractivity contribution in [1.29, 1.82) is 0 Å². The van der Waals surface area contributed by atoms with Crippen LogP contribution < -0.4 is 0 Å². The van der Waals surface area contributed by atoms with E-state index < -0.39 is 23.3 Å². The quantitative estimate of drug-likeness (QED) is 0.177. The highest BCUT2D eigenvalue weighted by molar-refractivity contribution is 5.86. The van der Waals surface area contributed by atoms with Crippen molar-refractivity contribution >= 4 is 16.7 Å². The molecule has 43 heavy (non-hydrogen) atoms. The molecule has 4 aromatic carbocycles. The molecule has 0 atom stereocenters. The predicted octanol–water partition coefficient (Wildman–Crippen LogP) is 9.28. The van der Waals surface area contributed by atoms with Gasteiger partial charge in [0.05, 0.1) is 12.0 Å². The van der Waals surface area contributed by atoms with Crippen LogP contribution in [-0.4, -0.2) is 16.0 Å². The van der Waals surface area contributed by atoms with Gasteiger partial charge in [0.15, 0.2) is 0 Å². The van der Waals surface area contributed by atoms with Crippen molar-refractivity contribution in [2.75, 3.05) is 0 Å². The second-order valence-electron chi connectivity index (χ2n) is 11.8. The zero-order valence-electron chi connectivity index (χ0n) is 24.4. The average molecular weight is 586 g/mol. The van der Waals surface area contributed by atoms with Crippen molar-refractivity contribution in [3.8, 4) is 11.1 Å². The molecule has 0 aliphatic carbocycles. The molecule has 0 radical (unpaired) electrons. The van der Waals surface area contributed by atoms with Gasteiger partial charge in [-0.1, -0.05) is 84.9 Å². The minimum Gasteiger partial charge on any atom is -0.481 e. The summed E-state index contributed by atoms with van der Waals surface area (Å²) in [4.78, 5) is 13.7. The third kappa shape index (κ3) is 7.17. The topological polar surface area (TPSA) is 53.7 Å². The summed E-state index contributed by atoms with van der Waals surface area (Å²) < 4.78 is 44.9. The minimum absolute atomic E-state index is 0.210. The number of rotatable bonds is 10. The Morgan fingerprint density at radius 1 is 0.791 bits per heavy atom. The van der Waals surface area contributed by atoms with E-state index in [1.807, 2.05) is 60.7 Å². The number of halogens is 3. The number of carboxylic acids is 1. The first-order valence-corrected chi connectivity index (χ1v) is 14.2. The van der Waals surface area contributed by atoms with E-state index in [4.69, 9.17) is 4.42 Å². The molecule has 7 heteroatoms. The number of nitrogens with zero attached hydrogens (tertiary/aromatic N) is 1. The lowest BCUT2D eigenvalue weighted by Gasteiger charge is -2.24. The van der Waals surface area contributed by atoms with Crippen LogP contribution in [0, 0.1) is 12.3 Å². The van der Waals surface area contributed by atoms with Crippen LogP contribution in [0.3, 0.4) is 0 Å². The van der Waals surface area contributed by atoms with Crippen molar-refractivity contribution < 1.29 is 27.5 Å². The Labute approximate surface area is 249 Å². The monoisotopic (exact) mass is 585 g/mol. The third-order valence-electron chi connectivity index (χ3n) is 7.82. The van der Waals surface area contributed by atoms with Gasteiger partial charge in [-0.2, -0.15) is 13.2 Å². The fraction of sp³-hybridized carbons (Fsp3) is 0.250. The molecule has 5 rings (SSSR count). The number of carbonyl (C=O) groups is 1. The number of benzene rings is 4. The zero-order valence-corrected chi connectivity index (χ0v) is 24.4. The largest absolute Gasteiger partial charge is 0.481 e. The molecular weight excluding hydrogens is 551 g/mol. The van der Waals surface area contributed by atoms with Crippen molar-refractivity contribution in [1.82, 2.24) is 4.90 Å². The number of aliphatic carboxylic acids is 1. The summed E-state index contributed by atoms with van der Waals surface area (Å²) >= 11 is 0. The van der Waals surface area contributed by atoms with Crippen LogP contribution in [0.2, 0.25) is 0 Å². The fourth-order valence-corrected chi connectivity index (χ4v) is 5.39. The van der Waals surface area contributed by atoms with Gasteiger partial charge in [0.1, 0.15) is 5.76 Å². The normalized spacial score (nSPS) is 12.3. The fourth-order valence-electron chi connectivity index (χ4n) is 5.39. The minimum atomic E-state index is -4.54. The van der Waals surface area contributed by atoms with Gasteiger partial charge in [-0.3, -0.25) is 9.69 Å². The van der Waals surface area contributed by atoms with Crippen molar-refractivity contribution in [3.63, 3.8) is 0 Å². The average Bonchev–Trinajstić information content (AvgIpc) is 3.44. The van der Waals surface area contributed by atoms with Gasteiger partial charge < -0.3 is 9.52 Å². The van der Waals surface area contributed by atoms with Gasteiger partial charge in [-0.25, -0.2) is 0 Å². The molecule has 0 aliphatic heterocycles. The highest BCUT2D eigenvalue weighted by Crippen LogP contribution is 2.32. The summed E-state index contributed by atoms with van der Waals surface area (Å²) in [7, 11) is 0. The van der Waals surface area contributed by atoms with E-state index in [1.165, 1.54) is 6.07 Å². The Hall–Kier alpha value is -4.36. The van der Waals surface area contributed by atoms with E-state index in [-0.39, 0.29) is 12.3 Å². The SMILES string of the molecule is Cc1ccc2ccccc2c1CN(Cc1ccc(-c2cccc(CC(C)(C)C(=O)O)c2)cc1)Cc1ccc(C(F)(F)F)o1. The summed E-state index contributed by atoms with van der Waals surface area (Å²) in [6.45, 7) is 6.72. The molecule has 222 valence electrons. The van der Waals surface area contributed by atoms with Crippen molar-refractivity contribution in [2.45, 2.75) is 53.0 Å². The van der Waals surface area contributed by atoms with Crippen LogP contribution in [0.25, 0.3) is 21.9 Å². The summed E-state index contributed by atoms with van der Waals surface area (Å²) in [6.07, 6.45) is -4.12.